The minimum absolute atomic E-state index is 0.358. The van der Waals surface area contributed by atoms with Crippen LogP contribution in [0.25, 0.3) is 0 Å². The van der Waals surface area contributed by atoms with Crippen molar-refractivity contribution in [3.63, 3.8) is 0 Å². The van der Waals surface area contributed by atoms with Crippen LogP contribution in [0.3, 0.4) is 0 Å². The van der Waals surface area contributed by atoms with Gasteiger partial charge in [-0.25, -0.2) is 0 Å². The van der Waals surface area contributed by atoms with Crippen LogP contribution in [0.1, 0.15) is 32.1 Å². The number of hydrogen-bond donors (Lipinski definition) is 1. The van der Waals surface area contributed by atoms with Gasteiger partial charge in [0.2, 0.25) is 0 Å². The summed E-state index contributed by atoms with van der Waals surface area (Å²) < 4.78 is 5.32. The molecule has 0 aromatic carbocycles. The van der Waals surface area contributed by atoms with E-state index in [0.717, 1.165) is 25.3 Å². The standard InChI is InChI=1S/C11H20N2O/c1-14-10-6-7-13(8-10)11(12)9-4-2-3-5-9/h9-10,12H,2-8H2,1H3. The van der Waals surface area contributed by atoms with E-state index in [4.69, 9.17) is 10.1 Å². The molecule has 80 valence electrons. The highest BCUT2D eigenvalue weighted by atomic mass is 16.5. The number of rotatable bonds is 2. The van der Waals surface area contributed by atoms with Crippen molar-refractivity contribution < 1.29 is 4.74 Å². The molecule has 3 nitrogen and oxygen atoms in total. The third kappa shape index (κ3) is 1.92. The molecule has 2 rings (SSSR count). The van der Waals surface area contributed by atoms with Gasteiger partial charge in [-0.05, 0) is 19.3 Å². The molecule has 0 aromatic heterocycles. The van der Waals surface area contributed by atoms with Crippen LogP contribution < -0.4 is 0 Å². The van der Waals surface area contributed by atoms with Crippen LogP contribution in [0.4, 0.5) is 0 Å². The number of nitrogens with zero attached hydrogens (tertiary/aromatic N) is 1. The summed E-state index contributed by atoms with van der Waals surface area (Å²) in [6, 6.07) is 0. The Bertz CT molecular complexity index is 211. The zero-order valence-electron chi connectivity index (χ0n) is 8.96. The van der Waals surface area contributed by atoms with Gasteiger partial charge in [0.15, 0.2) is 0 Å². The smallest absolute Gasteiger partial charge is 0.0990 e. The topological polar surface area (TPSA) is 36.3 Å². The molecule has 1 unspecified atom stereocenters. The van der Waals surface area contributed by atoms with Crippen molar-refractivity contribution in [3.8, 4) is 0 Å². The summed E-state index contributed by atoms with van der Waals surface area (Å²) in [6.45, 7) is 1.96. The summed E-state index contributed by atoms with van der Waals surface area (Å²) in [6.07, 6.45) is 6.53. The molecule has 3 heteroatoms. The Morgan fingerprint density at radius 2 is 2.00 bits per heavy atom. The second kappa shape index (κ2) is 4.30. The first-order chi connectivity index (χ1) is 6.81. The maximum atomic E-state index is 8.12. The molecule has 1 saturated heterocycles. The summed E-state index contributed by atoms with van der Waals surface area (Å²) in [5.74, 6) is 1.42. The fourth-order valence-corrected chi connectivity index (χ4v) is 2.60. The van der Waals surface area contributed by atoms with E-state index >= 15 is 0 Å². The van der Waals surface area contributed by atoms with Crippen LogP contribution in [0, 0.1) is 11.3 Å². The zero-order chi connectivity index (χ0) is 9.97. The predicted octanol–water partition coefficient (Wildman–Crippen LogP) is 1.87. The Morgan fingerprint density at radius 1 is 1.29 bits per heavy atom. The van der Waals surface area contributed by atoms with Crippen LogP contribution in [-0.2, 0) is 4.74 Å². The van der Waals surface area contributed by atoms with Gasteiger partial charge in [-0.1, -0.05) is 12.8 Å². The van der Waals surface area contributed by atoms with Gasteiger partial charge in [-0.2, -0.15) is 0 Å². The molecule has 14 heavy (non-hydrogen) atoms. The van der Waals surface area contributed by atoms with Gasteiger partial charge in [-0.15, -0.1) is 0 Å². The molecule has 0 aromatic rings. The van der Waals surface area contributed by atoms with Crippen molar-refractivity contribution in [1.82, 2.24) is 4.90 Å². The molecule has 2 aliphatic rings. The summed E-state index contributed by atoms with van der Waals surface area (Å²) in [4.78, 5) is 2.21. The van der Waals surface area contributed by atoms with E-state index in [-0.39, 0.29) is 0 Å². The first kappa shape index (κ1) is 9.97. The van der Waals surface area contributed by atoms with Gasteiger partial charge in [0.25, 0.3) is 0 Å². The quantitative estimate of drug-likeness (QED) is 0.540. The number of ether oxygens (including phenoxy) is 1. The molecule has 1 aliphatic carbocycles. The minimum Gasteiger partial charge on any atom is -0.380 e. The van der Waals surface area contributed by atoms with Crippen LogP contribution >= 0.6 is 0 Å². The van der Waals surface area contributed by atoms with E-state index in [9.17, 15) is 0 Å². The van der Waals surface area contributed by atoms with Crippen molar-refractivity contribution in [2.24, 2.45) is 5.92 Å². The molecule has 1 N–H and O–H groups in total. The van der Waals surface area contributed by atoms with Crippen LogP contribution in [0.5, 0.6) is 0 Å². The van der Waals surface area contributed by atoms with Gasteiger partial charge in [-0.3, -0.25) is 5.41 Å². The van der Waals surface area contributed by atoms with Crippen molar-refractivity contribution in [2.45, 2.75) is 38.2 Å². The molecule has 1 saturated carbocycles. The van der Waals surface area contributed by atoms with E-state index < -0.39 is 0 Å². The van der Waals surface area contributed by atoms with E-state index in [1.807, 2.05) is 0 Å². The molecule has 1 atom stereocenters. The summed E-state index contributed by atoms with van der Waals surface area (Å²) in [7, 11) is 1.77. The average molecular weight is 196 g/mol. The number of amidine groups is 1. The van der Waals surface area contributed by atoms with E-state index in [0.29, 0.717) is 12.0 Å². The Hall–Kier alpha value is -0.570. The van der Waals surface area contributed by atoms with Crippen LogP contribution in [-0.4, -0.2) is 37.0 Å². The van der Waals surface area contributed by atoms with Gasteiger partial charge in [0.05, 0.1) is 11.9 Å². The van der Waals surface area contributed by atoms with Crippen molar-refractivity contribution in [1.29, 1.82) is 5.41 Å². The zero-order valence-corrected chi connectivity index (χ0v) is 8.96. The van der Waals surface area contributed by atoms with Gasteiger partial charge in [0, 0.05) is 26.1 Å². The largest absolute Gasteiger partial charge is 0.380 e. The maximum absolute atomic E-state index is 8.12. The molecule has 1 aliphatic heterocycles. The van der Waals surface area contributed by atoms with Crippen molar-refractivity contribution >= 4 is 5.84 Å². The van der Waals surface area contributed by atoms with Crippen LogP contribution in [0.2, 0.25) is 0 Å². The Balaban J connectivity index is 1.86. The lowest BCUT2D eigenvalue weighted by Crippen LogP contribution is -2.33. The second-order valence-electron chi connectivity index (χ2n) is 4.46. The normalized spacial score (nSPS) is 28.6. The summed E-state index contributed by atoms with van der Waals surface area (Å²) in [5.41, 5.74) is 0. The predicted molar refractivity (Wildman–Crippen MR) is 56.7 cm³/mol. The van der Waals surface area contributed by atoms with Crippen LogP contribution in [0.15, 0.2) is 0 Å². The van der Waals surface area contributed by atoms with E-state index in [1.54, 1.807) is 7.11 Å². The lowest BCUT2D eigenvalue weighted by atomic mass is 10.1. The molecular weight excluding hydrogens is 176 g/mol. The summed E-state index contributed by atoms with van der Waals surface area (Å²) >= 11 is 0. The molecule has 2 fully saturated rings. The number of likely N-dealkylation sites (tertiary alicyclic amines) is 1. The average Bonchev–Trinajstić information content (AvgIpc) is 2.88. The SMILES string of the molecule is COC1CCN(C(=N)C2CCCC2)C1. The fraction of sp³-hybridized carbons (Fsp3) is 0.909. The Morgan fingerprint density at radius 3 is 2.57 bits per heavy atom. The molecular formula is C11H20N2O. The monoisotopic (exact) mass is 196 g/mol. The van der Waals surface area contributed by atoms with Crippen molar-refractivity contribution in [3.05, 3.63) is 0 Å². The highest BCUT2D eigenvalue weighted by molar-refractivity contribution is 5.82. The van der Waals surface area contributed by atoms with Gasteiger partial charge in [0.1, 0.15) is 0 Å². The Kier molecular flexibility index (Phi) is 3.06. The number of hydrogen-bond acceptors (Lipinski definition) is 2. The third-order valence-electron chi connectivity index (χ3n) is 3.56. The number of nitrogens with one attached hydrogen (secondary N) is 1. The number of methoxy groups -OCH3 is 1. The third-order valence-corrected chi connectivity index (χ3v) is 3.56. The molecule has 0 bridgehead atoms. The molecule has 0 amide bonds. The Labute approximate surface area is 85.9 Å². The first-order valence-electron chi connectivity index (χ1n) is 5.67. The molecule has 0 radical (unpaired) electrons. The maximum Gasteiger partial charge on any atom is 0.0990 e. The van der Waals surface area contributed by atoms with Crippen molar-refractivity contribution in [2.75, 3.05) is 20.2 Å². The van der Waals surface area contributed by atoms with E-state index in [2.05, 4.69) is 4.90 Å². The fourth-order valence-electron chi connectivity index (χ4n) is 2.60. The van der Waals surface area contributed by atoms with E-state index in [1.165, 1.54) is 25.7 Å². The first-order valence-corrected chi connectivity index (χ1v) is 5.67. The minimum atomic E-state index is 0.358. The lowest BCUT2D eigenvalue weighted by Gasteiger charge is -2.23. The molecule has 0 spiro atoms. The lowest BCUT2D eigenvalue weighted by molar-refractivity contribution is 0.114. The second-order valence-corrected chi connectivity index (χ2v) is 4.46. The molecule has 1 heterocycles. The highest BCUT2D eigenvalue weighted by Gasteiger charge is 2.29. The summed E-state index contributed by atoms with van der Waals surface area (Å²) in [5, 5.41) is 8.12. The van der Waals surface area contributed by atoms with Gasteiger partial charge >= 0.3 is 0 Å². The van der Waals surface area contributed by atoms with Gasteiger partial charge < -0.3 is 9.64 Å². The highest BCUT2D eigenvalue weighted by Crippen LogP contribution is 2.28.